The van der Waals surface area contributed by atoms with E-state index in [2.05, 4.69) is 4.90 Å². The number of halogens is 1. The van der Waals surface area contributed by atoms with Gasteiger partial charge in [-0.3, -0.25) is 0 Å². The summed E-state index contributed by atoms with van der Waals surface area (Å²) in [6.07, 6.45) is 1.73. The normalized spacial score (nSPS) is 30.8. The van der Waals surface area contributed by atoms with E-state index in [1.165, 1.54) is 6.07 Å². The average molecular weight is 250 g/mol. The molecule has 3 atom stereocenters. The minimum Gasteiger partial charge on any atom is -0.393 e. The molecule has 4 heteroatoms. The lowest BCUT2D eigenvalue weighted by Crippen LogP contribution is -2.26. The standard InChI is InChI=1S/C14H19FN2O/c15-12-3-1-2-9(6-16)14(12)17-7-10-4-5-13(18)11(10)8-17/h1-3,10-11,13,18H,4-8,16H2. The monoisotopic (exact) mass is 250 g/mol. The van der Waals surface area contributed by atoms with Crippen LogP contribution in [0.5, 0.6) is 0 Å². The van der Waals surface area contributed by atoms with Crippen LogP contribution < -0.4 is 10.6 Å². The number of aliphatic hydroxyl groups excluding tert-OH is 1. The number of benzene rings is 1. The molecular formula is C14H19FN2O. The van der Waals surface area contributed by atoms with Gasteiger partial charge in [0.05, 0.1) is 11.8 Å². The van der Waals surface area contributed by atoms with Crippen molar-refractivity contribution in [3.8, 4) is 0 Å². The van der Waals surface area contributed by atoms with Crippen molar-refractivity contribution in [3.05, 3.63) is 29.6 Å². The minimum absolute atomic E-state index is 0.201. The summed E-state index contributed by atoms with van der Waals surface area (Å²) < 4.78 is 14.0. The van der Waals surface area contributed by atoms with Gasteiger partial charge >= 0.3 is 0 Å². The molecule has 2 fully saturated rings. The van der Waals surface area contributed by atoms with Gasteiger partial charge in [-0.15, -0.1) is 0 Å². The number of fused-ring (bicyclic) bond motifs is 1. The van der Waals surface area contributed by atoms with Crippen LogP contribution in [0, 0.1) is 17.7 Å². The first kappa shape index (κ1) is 11.9. The molecule has 1 saturated heterocycles. The van der Waals surface area contributed by atoms with Crippen molar-refractivity contribution in [3.63, 3.8) is 0 Å². The molecule has 3 nitrogen and oxygen atoms in total. The Balaban J connectivity index is 1.89. The zero-order valence-electron chi connectivity index (χ0n) is 10.3. The Hall–Kier alpha value is -1.13. The number of anilines is 1. The smallest absolute Gasteiger partial charge is 0.146 e. The van der Waals surface area contributed by atoms with E-state index in [9.17, 15) is 9.50 Å². The Morgan fingerprint density at radius 1 is 1.33 bits per heavy atom. The Morgan fingerprint density at radius 3 is 2.89 bits per heavy atom. The number of nitrogens with zero attached hydrogens (tertiary/aromatic N) is 1. The molecule has 2 aliphatic rings. The van der Waals surface area contributed by atoms with Crippen molar-refractivity contribution in [2.45, 2.75) is 25.5 Å². The zero-order valence-corrected chi connectivity index (χ0v) is 10.3. The third-order valence-corrected chi connectivity index (χ3v) is 4.43. The van der Waals surface area contributed by atoms with Crippen molar-refractivity contribution in [1.82, 2.24) is 0 Å². The second-order valence-electron chi connectivity index (χ2n) is 5.43. The predicted octanol–water partition coefficient (Wildman–Crippen LogP) is 1.49. The molecule has 0 amide bonds. The predicted molar refractivity (Wildman–Crippen MR) is 68.7 cm³/mol. The lowest BCUT2D eigenvalue weighted by molar-refractivity contribution is 0.133. The molecule has 98 valence electrons. The van der Waals surface area contributed by atoms with Gasteiger partial charge in [-0.05, 0) is 30.4 Å². The molecule has 1 aliphatic carbocycles. The molecule has 1 saturated carbocycles. The van der Waals surface area contributed by atoms with E-state index < -0.39 is 0 Å². The van der Waals surface area contributed by atoms with Crippen LogP contribution in [0.4, 0.5) is 10.1 Å². The third-order valence-electron chi connectivity index (χ3n) is 4.43. The molecule has 1 aromatic carbocycles. The van der Waals surface area contributed by atoms with Crippen molar-refractivity contribution in [2.75, 3.05) is 18.0 Å². The second kappa shape index (κ2) is 4.52. The Labute approximate surface area is 106 Å². The van der Waals surface area contributed by atoms with E-state index >= 15 is 0 Å². The molecule has 1 aromatic rings. The summed E-state index contributed by atoms with van der Waals surface area (Å²) in [5.41, 5.74) is 7.18. The third kappa shape index (κ3) is 1.80. The maximum Gasteiger partial charge on any atom is 0.146 e. The van der Waals surface area contributed by atoms with Crippen LogP contribution in [0.1, 0.15) is 18.4 Å². The first-order valence-corrected chi connectivity index (χ1v) is 6.61. The molecule has 0 spiro atoms. The van der Waals surface area contributed by atoms with Gasteiger partial charge in [0.2, 0.25) is 0 Å². The van der Waals surface area contributed by atoms with Gasteiger partial charge in [0.15, 0.2) is 0 Å². The topological polar surface area (TPSA) is 49.5 Å². The van der Waals surface area contributed by atoms with Crippen LogP contribution >= 0.6 is 0 Å². The highest BCUT2D eigenvalue weighted by Crippen LogP contribution is 2.41. The fraction of sp³-hybridized carbons (Fsp3) is 0.571. The number of nitrogens with two attached hydrogens (primary N) is 1. The highest BCUT2D eigenvalue weighted by atomic mass is 19.1. The number of rotatable bonds is 2. The van der Waals surface area contributed by atoms with Crippen molar-refractivity contribution < 1.29 is 9.50 Å². The lowest BCUT2D eigenvalue weighted by atomic mass is 10.00. The van der Waals surface area contributed by atoms with Crippen molar-refractivity contribution in [1.29, 1.82) is 0 Å². The number of aliphatic hydroxyl groups is 1. The van der Waals surface area contributed by atoms with Crippen LogP contribution in [0.2, 0.25) is 0 Å². The van der Waals surface area contributed by atoms with Gasteiger partial charge in [0, 0.05) is 25.6 Å². The fourth-order valence-corrected chi connectivity index (χ4v) is 3.50. The highest BCUT2D eigenvalue weighted by Gasteiger charge is 2.42. The van der Waals surface area contributed by atoms with E-state index in [1.807, 2.05) is 6.07 Å². The number of para-hydroxylation sites is 1. The first-order chi connectivity index (χ1) is 8.70. The van der Waals surface area contributed by atoms with Crippen molar-refractivity contribution >= 4 is 5.69 Å². The quantitative estimate of drug-likeness (QED) is 0.836. The summed E-state index contributed by atoms with van der Waals surface area (Å²) in [7, 11) is 0. The average Bonchev–Trinajstić information content (AvgIpc) is 2.91. The van der Waals surface area contributed by atoms with E-state index in [-0.39, 0.29) is 11.9 Å². The van der Waals surface area contributed by atoms with E-state index in [4.69, 9.17) is 5.73 Å². The molecule has 18 heavy (non-hydrogen) atoms. The van der Waals surface area contributed by atoms with E-state index in [0.717, 1.165) is 31.5 Å². The molecule has 3 rings (SSSR count). The fourth-order valence-electron chi connectivity index (χ4n) is 3.50. The lowest BCUT2D eigenvalue weighted by Gasteiger charge is -2.23. The summed E-state index contributed by atoms with van der Waals surface area (Å²) in [4.78, 5) is 2.06. The summed E-state index contributed by atoms with van der Waals surface area (Å²) >= 11 is 0. The van der Waals surface area contributed by atoms with Gasteiger partial charge in [-0.2, -0.15) is 0 Å². The van der Waals surface area contributed by atoms with Gasteiger partial charge < -0.3 is 15.7 Å². The van der Waals surface area contributed by atoms with Gasteiger partial charge in [-0.1, -0.05) is 12.1 Å². The SMILES string of the molecule is NCc1cccc(F)c1N1CC2CCC(O)C2C1. The summed E-state index contributed by atoms with van der Waals surface area (Å²) in [5.74, 6) is 0.605. The molecule has 1 heterocycles. The van der Waals surface area contributed by atoms with Gasteiger partial charge in [-0.25, -0.2) is 4.39 Å². The number of hydrogen-bond acceptors (Lipinski definition) is 3. The zero-order chi connectivity index (χ0) is 12.7. The van der Waals surface area contributed by atoms with Crippen molar-refractivity contribution in [2.24, 2.45) is 17.6 Å². The Bertz CT molecular complexity index is 451. The number of hydrogen-bond donors (Lipinski definition) is 2. The van der Waals surface area contributed by atoms with E-state index in [0.29, 0.717) is 24.1 Å². The van der Waals surface area contributed by atoms with Crippen LogP contribution in [-0.2, 0) is 6.54 Å². The Morgan fingerprint density at radius 2 is 2.17 bits per heavy atom. The summed E-state index contributed by atoms with van der Waals surface area (Å²) in [5, 5.41) is 9.91. The van der Waals surface area contributed by atoms with Crippen LogP contribution in [0.15, 0.2) is 18.2 Å². The van der Waals surface area contributed by atoms with Gasteiger partial charge in [0.25, 0.3) is 0 Å². The second-order valence-corrected chi connectivity index (χ2v) is 5.43. The molecule has 3 N–H and O–H groups in total. The van der Waals surface area contributed by atoms with Crippen LogP contribution in [0.3, 0.4) is 0 Å². The summed E-state index contributed by atoms with van der Waals surface area (Å²) in [6.45, 7) is 1.94. The maximum absolute atomic E-state index is 14.0. The molecule has 0 radical (unpaired) electrons. The van der Waals surface area contributed by atoms with E-state index in [1.54, 1.807) is 6.07 Å². The first-order valence-electron chi connectivity index (χ1n) is 6.61. The minimum atomic E-state index is -0.215. The molecular weight excluding hydrogens is 231 g/mol. The molecule has 3 unspecified atom stereocenters. The van der Waals surface area contributed by atoms with Gasteiger partial charge in [0.1, 0.15) is 5.82 Å². The highest BCUT2D eigenvalue weighted by molar-refractivity contribution is 5.56. The molecule has 0 bridgehead atoms. The molecule has 1 aliphatic heterocycles. The van der Waals surface area contributed by atoms with Crippen LogP contribution in [0.25, 0.3) is 0 Å². The summed E-state index contributed by atoms with van der Waals surface area (Å²) in [6, 6.07) is 5.06. The molecule has 0 aromatic heterocycles. The van der Waals surface area contributed by atoms with Crippen LogP contribution in [-0.4, -0.2) is 24.3 Å². The Kier molecular flexibility index (Phi) is 2.99. The maximum atomic E-state index is 14.0. The largest absolute Gasteiger partial charge is 0.393 e.